The number of methoxy groups -OCH3 is 1. The van der Waals surface area contributed by atoms with Crippen LogP contribution in [-0.2, 0) is 6.42 Å². The lowest BCUT2D eigenvalue weighted by molar-refractivity contribution is 0.0949. The first-order valence-electron chi connectivity index (χ1n) is 9.14. The van der Waals surface area contributed by atoms with Crippen molar-refractivity contribution in [3.05, 3.63) is 47.9 Å². The summed E-state index contributed by atoms with van der Waals surface area (Å²) in [5.41, 5.74) is 1.48. The van der Waals surface area contributed by atoms with Crippen LogP contribution in [0, 0.1) is 5.92 Å². The van der Waals surface area contributed by atoms with E-state index in [-0.39, 0.29) is 5.91 Å². The molecule has 6 heteroatoms. The fourth-order valence-electron chi connectivity index (χ4n) is 3.19. The molecular weight excluding hydrogens is 328 g/mol. The summed E-state index contributed by atoms with van der Waals surface area (Å²) in [4.78, 5) is 23.1. The van der Waals surface area contributed by atoms with Gasteiger partial charge in [0.15, 0.2) is 0 Å². The summed E-state index contributed by atoms with van der Waals surface area (Å²) in [5, 5.41) is 2.93. The van der Waals surface area contributed by atoms with E-state index in [0.29, 0.717) is 18.7 Å². The Kier molecular flexibility index (Phi) is 6.04. The molecule has 1 aliphatic rings. The number of hydrogen-bond donors (Lipinski definition) is 1. The quantitative estimate of drug-likeness (QED) is 0.864. The summed E-state index contributed by atoms with van der Waals surface area (Å²) in [7, 11) is 1.65. The van der Waals surface area contributed by atoms with Crippen LogP contribution in [-0.4, -0.2) is 42.6 Å². The first kappa shape index (κ1) is 18.2. The summed E-state index contributed by atoms with van der Waals surface area (Å²) in [6.45, 7) is 4.76. The Morgan fingerprint density at radius 2 is 2.04 bits per heavy atom. The van der Waals surface area contributed by atoms with Crippen LogP contribution in [0.1, 0.15) is 35.8 Å². The molecular formula is C20H26N4O2. The lowest BCUT2D eigenvalue weighted by Gasteiger charge is -2.31. The van der Waals surface area contributed by atoms with Crippen molar-refractivity contribution >= 4 is 11.7 Å². The fourth-order valence-corrected chi connectivity index (χ4v) is 3.19. The van der Waals surface area contributed by atoms with Crippen LogP contribution >= 0.6 is 0 Å². The predicted octanol–water partition coefficient (Wildman–Crippen LogP) is 2.69. The number of nitrogens with zero attached hydrogens (tertiary/aromatic N) is 3. The van der Waals surface area contributed by atoms with Crippen molar-refractivity contribution in [3.8, 4) is 5.75 Å². The third-order valence-corrected chi connectivity index (χ3v) is 4.87. The maximum Gasteiger partial charge on any atom is 0.270 e. The number of hydrogen-bond acceptors (Lipinski definition) is 5. The molecule has 6 nitrogen and oxygen atoms in total. The Hall–Kier alpha value is -2.63. The van der Waals surface area contributed by atoms with Gasteiger partial charge in [-0.15, -0.1) is 0 Å². The summed E-state index contributed by atoms with van der Waals surface area (Å²) >= 11 is 0. The number of rotatable bonds is 6. The fraction of sp³-hybridized carbons (Fsp3) is 0.450. The second kappa shape index (κ2) is 8.65. The average molecular weight is 354 g/mol. The second-order valence-corrected chi connectivity index (χ2v) is 6.75. The first-order chi connectivity index (χ1) is 12.7. The largest absolute Gasteiger partial charge is 0.496 e. The van der Waals surface area contributed by atoms with E-state index in [1.165, 1.54) is 6.33 Å². The van der Waals surface area contributed by atoms with Gasteiger partial charge in [0.25, 0.3) is 5.91 Å². The van der Waals surface area contributed by atoms with E-state index in [2.05, 4.69) is 27.1 Å². The van der Waals surface area contributed by atoms with Gasteiger partial charge in [-0.3, -0.25) is 4.79 Å². The van der Waals surface area contributed by atoms with Gasteiger partial charge in [0.1, 0.15) is 23.6 Å². The van der Waals surface area contributed by atoms with Crippen LogP contribution in [0.3, 0.4) is 0 Å². The molecule has 0 saturated carbocycles. The van der Waals surface area contributed by atoms with Gasteiger partial charge < -0.3 is 15.0 Å². The Labute approximate surface area is 154 Å². The zero-order valence-electron chi connectivity index (χ0n) is 15.4. The van der Waals surface area contributed by atoms with Crippen LogP contribution in [0.4, 0.5) is 5.82 Å². The number of carbonyl (C=O) groups is 1. The molecule has 1 aromatic carbocycles. The lowest BCUT2D eigenvalue weighted by atomic mass is 9.99. The van der Waals surface area contributed by atoms with Gasteiger partial charge in [-0.1, -0.05) is 25.1 Å². The van der Waals surface area contributed by atoms with Crippen molar-refractivity contribution < 1.29 is 9.53 Å². The minimum absolute atomic E-state index is 0.172. The molecule has 1 aromatic heterocycles. The molecule has 0 atom stereocenters. The molecule has 2 aromatic rings. The van der Waals surface area contributed by atoms with Gasteiger partial charge in [-0.25, -0.2) is 9.97 Å². The third-order valence-electron chi connectivity index (χ3n) is 4.87. The number of para-hydroxylation sites is 1. The van der Waals surface area contributed by atoms with Crippen molar-refractivity contribution in [1.82, 2.24) is 15.3 Å². The van der Waals surface area contributed by atoms with Gasteiger partial charge in [-0.05, 0) is 36.8 Å². The molecule has 1 aliphatic heterocycles. The van der Waals surface area contributed by atoms with Gasteiger partial charge in [-0.2, -0.15) is 0 Å². The standard InChI is InChI=1S/C20H26N4O2/c1-15-8-11-24(12-9-15)19-13-17(22-14-23-19)20(25)21-10-7-16-5-3-4-6-18(16)26-2/h3-6,13-15H,7-12H2,1-2H3,(H,21,25). The van der Waals surface area contributed by atoms with Crippen LogP contribution < -0.4 is 15.0 Å². The molecule has 26 heavy (non-hydrogen) atoms. The Morgan fingerprint density at radius 1 is 1.27 bits per heavy atom. The topological polar surface area (TPSA) is 67.3 Å². The van der Waals surface area contributed by atoms with E-state index < -0.39 is 0 Å². The number of ether oxygens (including phenoxy) is 1. The highest BCUT2D eigenvalue weighted by Crippen LogP contribution is 2.21. The lowest BCUT2D eigenvalue weighted by Crippen LogP contribution is -2.34. The highest BCUT2D eigenvalue weighted by Gasteiger charge is 2.18. The predicted molar refractivity (Wildman–Crippen MR) is 102 cm³/mol. The van der Waals surface area contributed by atoms with Crippen molar-refractivity contribution in [2.45, 2.75) is 26.2 Å². The van der Waals surface area contributed by atoms with Crippen molar-refractivity contribution in [2.24, 2.45) is 5.92 Å². The Balaban J connectivity index is 1.57. The summed E-state index contributed by atoms with van der Waals surface area (Å²) in [6, 6.07) is 9.62. The van der Waals surface area contributed by atoms with Gasteiger partial charge >= 0.3 is 0 Å². The minimum Gasteiger partial charge on any atom is -0.496 e. The van der Waals surface area contributed by atoms with Gasteiger partial charge in [0, 0.05) is 25.7 Å². The van der Waals surface area contributed by atoms with Crippen molar-refractivity contribution in [2.75, 3.05) is 31.6 Å². The van der Waals surface area contributed by atoms with Crippen LogP contribution in [0.2, 0.25) is 0 Å². The average Bonchev–Trinajstić information content (AvgIpc) is 2.69. The number of aromatic nitrogens is 2. The number of piperidine rings is 1. The summed E-state index contributed by atoms with van der Waals surface area (Å²) in [6.07, 6.45) is 4.50. The molecule has 3 rings (SSSR count). The van der Waals surface area contributed by atoms with E-state index >= 15 is 0 Å². The molecule has 1 saturated heterocycles. The molecule has 0 unspecified atom stereocenters. The van der Waals surface area contributed by atoms with E-state index in [1.54, 1.807) is 13.2 Å². The van der Waals surface area contributed by atoms with Crippen LogP contribution in [0.25, 0.3) is 0 Å². The van der Waals surface area contributed by atoms with Gasteiger partial charge in [0.2, 0.25) is 0 Å². The van der Waals surface area contributed by atoms with Crippen molar-refractivity contribution in [1.29, 1.82) is 0 Å². The van der Waals surface area contributed by atoms with Gasteiger partial charge in [0.05, 0.1) is 7.11 Å². The molecule has 1 N–H and O–H groups in total. The monoisotopic (exact) mass is 354 g/mol. The smallest absolute Gasteiger partial charge is 0.270 e. The van der Waals surface area contributed by atoms with Crippen LogP contribution in [0.15, 0.2) is 36.7 Å². The summed E-state index contributed by atoms with van der Waals surface area (Å²) in [5.74, 6) is 2.26. The van der Waals surface area contributed by atoms with Crippen LogP contribution in [0.5, 0.6) is 5.75 Å². The maximum absolute atomic E-state index is 12.4. The normalized spacial score (nSPS) is 14.9. The first-order valence-corrected chi connectivity index (χ1v) is 9.14. The van der Waals surface area contributed by atoms with Crippen molar-refractivity contribution in [3.63, 3.8) is 0 Å². The molecule has 0 bridgehead atoms. The van der Waals surface area contributed by atoms with E-state index in [9.17, 15) is 4.79 Å². The minimum atomic E-state index is -0.172. The summed E-state index contributed by atoms with van der Waals surface area (Å²) < 4.78 is 5.34. The molecule has 0 aliphatic carbocycles. The Bertz CT molecular complexity index is 742. The van der Waals surface area contributed by atoms with E-state index in [4.69, 9.17) is 4.74 Å². The number of nitrogens with one attached hydrogen (secondary N) is 1. The zero-order chi connectivity index (χ0) is 18.4. The molecule has 138 valence electrons. The molecule has 1 amide bonds. The third kappa shape index (κ3) is 4.50. The number of anilines is 1. The zero-order valence-corrected chi connectivity index (χ0v) is 15.4. The van der Waals surface area contributed by atoms with E-state index in [1.807, 2.05) is 24.3 Å². The maximum atomic E-state index is 12.4. The molecule has 2 heterocycles. The number of carbonyl (C=O) groups excluding carboxylic acids is 1. The van der Waals surface area contributed by atoms with E-state index in [0.717, 1.165) is 49.0 Å². The number of benzene rings is 1. The Morgan fingerprint density at radius 3 is 2.81 bits per heavy atom. The molecule has 0 spiro atoms. The molecule has 0 radical (unpaired) electrons. The second-order valence-electron chi connectivity index (χ2n) is 6.75. The highest BCUT2D eigenvalue weighted by atomic mass is 16.5. The SMILES string of the molecule is COc1ccccc1CCNC(=O)c1cc(N2CCC(C)CC2)ncn1. The highest BCUT2D eigenvalue weighted by molar-refractivity contribution is 5.92. The molecule has 1 fully saturated rings. The number of amides is 1.